The Kier molecular flexibility index (Phi) is 4.35. The molecule has 22 heavy (non-hydrogen) atoms. The van der Waals surface area contributed by atoms with Gasteiger partial charge in [0, 0.05) is 13.1 Å². The van der Waals surface area contributed by atoms with E-state index in [1.807, 2.05) is 24.6 Å². The van der Waals surface area contributed by atoms with E-state index < -0.39 is 0 Å². The molecule has 2 aromatic heterocycles. The molecule has 1 aliphatic heterocycles. The lowest BCUT2D eigenvalue weighted by Gasteiger charge is -2.25. The highest BCUT2D eigenvalue weighted by Gasteiger charge is 2.21. The van der Waals surface area contributed by atoms with Crippen LogP contribution in [0.2, 0.25) is 0 Å². The van der Waals surface area contributed by atoms with Crippen molar-refractivity contribution in [2.75, 3.05) is 26.3 Å². The lowest BCUT2D eigenvalue weighted by molar-refractivity contribution is 0.0281. The second-order valence-electron chi connectivity index (χ2n) is 5.31. The number of carbonyl (C=O) groups excluding carboxylic acids is 1. The smallest absolute Gasteiger partial charge is 0.289 e. The first-order valence-electron chi connectivity index (χ1n) is 7.21. The van der Waals surface area contributed by atoms with Crippen molar-refractivity contribution in [1.82, 2.24) is 14.7 Å². The van der Waals surface area contributed by atoms with Gasteiger partial charge in [-0.05, 0) is 41.9 Å². The third kappa shape index (κ3) is 2.96. The Morgan fingerprint density at radius 1 is 1.32 bits per heavy atom. The molecule has 7 heteroatoms. The van der Waals surface area contributed by atoms with Crippen LogP contribution in [0.3, 0.4) is 0 Å². The fourth-order valence-electron chi connectivity index (χ4n) is 2.48. The van der Waals surface area contributed by atoms with Gasteiger partial charge in [0.05, 0.1) is 35.6 Å². The number of carbonyl (C=O) groups is 1. The molecule has 0 atom stereocenters. The van der Waals surface area contributed by atoms with E-state index in [1.54, 1.807) is 11.0 Å². The number of ether oxygens (including phenoxy) is 1. The predicted octanol–water partition coefficient (Wildman–Crippen LogP) is 2.38. The van der Waals surface area contributed by atoms with Crippen molar-refractivity contribution < 1.29 is 13.9 Å². The van der Waals surface area contributed by atoms with Gasteiger partial charge in [0.1, 0.15) is 5.76 Å². The van der Waals surface area contributed by atoms with Gasteiger partial charge in [0.15, 0.2) is 5.76 Å². The van der Waals surface area contributed by atoms with E-state index >= 15 is 0 Å². The van der Waals surface area contributed by atoms with Crippen LogP contribution in [0.25, 0.3) is 0 Å². The van der Waals surface area contributed by atoms with Gasteiger partial charge in [-0.15, -0.1) is 0 Å². The molecule has 0 N–H and O–H groups in total. The van der Waals surface area contributed by atoms with Crippen LogP contribution in [0.4, 0.5) is 0 Å². The van der Waals surface area contributed by atoms with E-state index in [1.165, 1.54) is 0 Å². The average Bonchev–Trinajstić information content (AvgIpc) is 3.09. The number of hydrogen-bond acceptors (Lipinski definition) is 4. The molecule has 3 rings (SSSR count). The fraction of sp³-hybridized carbons (Fsp3) is 0.467. The molecule has 1 aliphatic rings. The van der Waals surface area contributed by atoms with Crippen LogP contribution in [0.5, 0.6) is 0 Å². The summed E-state index contributed by atoms with van der Waals surface area (Å²) in [6.45, 7) is 6.83. The van der Waals surface area contributed by atoms with Gasteiger partial charge < -0.3 is 14.1 Å². The summed E-state index contributed by atoms with van der Waals surface area (Å²) in [6, 6.07) is 3.56. The normalized spacial score (nSPS) is 15.3. The minimum absolute atomic E-state index is 0.0795. The summed E-state index contributed by atoms with van der Waals surface area (Å²) in [7, 11) is 0. The predicted molar refractivity (Wildman–Crippen MR) is 83.9 cm³/mol. The zero-order chi connectivity index (χ0) is 15.7. The average molecular weight is 368 g/mol. The monoisotopic (exact) mass is 367 g/mol. The molecule has 0 radical (unpaired) electrons. The number of morpholine rings is 1. The van der Waals surface area contributed by atoms with Crippen molar-refractivity contribution in [3.05, 3.63) is 39.5 Å². The van der Waals surface area contributed by atoms with E-state index in [9.17, 15) is 4.79 Å². The number of rotatable bonds is 3. The zero-order valence-electron chi connectivity index (χ0n) is 12.6. The molecule has 1 fully saturated rings. The van der Waals surface area contributed by atoms with Crippen LogP contribution in [-0.4, -0.2) is 46.9 Å². The number of hydrogen-bond donors (Lipinski definition) is 0. The van der Waals surface area contributed by atoms with Crippen LogP contribution in [0.15, 0.2) is 21.0 Å². The zero-order valence-corrected chi connectivity index (χ0v) is 14.2. The topological polar surface area (TPSA) is 60.5 Å². The maximum absolute atomic E-state index is 12.3. The summed E-state index contributed by atoms with van der Waals surface area (Å²) in [4.78, 5) is 14.1. The van der Waals surface area contributed by atoms with Crippen LogP contribution in [0.1, 0.15) is 27.7 Å². The standard InChI is InChI=1S/C15H18BrN3O3/c1-10-14(16)11(2)19(17-10)9-12-3-4-13(22-12)15(20)18-5-7-21-8-6-18/h3-4H,5-9H2,1-2H3. The molecular weight excluding hydrogens is 350 g/mol. The Morgan fingerprint density at radius 2 is 2.05 bits per heavy atom. The molecule has 3 heterocycles. The number of furan rings is 1. The summed E-state index contributed by atoms with van der Waals surface area (Å²) >= 11 is 3.51. The lowest BCUT2D eigenvalue weighted by Crippen LogP contribution is -2.40. The first kappa shape index (κ1) is 15.3. The first-order valence-corrected chi connectivity index (χ1v) is 8.01. The number of aromatic nitrogens is 2. The Balaban J connectivity index is 1.73. The Hall–Kier alpha value is -1.60. The van der Waals surface area contributed by atoms with Crippen molar-refractivity contribution in [3.63, 3.8) is 0 Å². The minimum atomic E-state index is -0.0795. The van der Waals surface area contributed by atoms with Crippen LogP contribution < -0.4 is 0 Å². The summed E-state index contributed by atoms with van der Waals surface area (Å²) in [5.74, 6) is 1.01. The van der Waals surface area contributed by atoms with Crippen molar-refractivity contribution in [2.45, 2.75) is 20.4 Å². The van der Waals surface area contributed by atoms with Gasteiger partial charge in [0.2, 0.25) is 0 Å². The van der Waals surface area contributed by atoms with Crippen LogP contribution >= 0.6 is 15.9 Å². The van der Waals surface area contributed by atoms with Crippen molar-refractivity contribution in [2.24, 2.45) is 0 Å². The summed E-state index contributed by atoms with van der Waals surface area (Å²) in [5, 5.41) is 4.45. The second kappa shape index (κ2) is 6.26. The van der Waals surface area contributed by atoms with Crippen LogP contribution in [-0.2, 0) is 11.3 Å². The minimum Gasteiger partial charge on any atom is -0.454 e. The molecule has 0 bridgehead atoms. The molecule has 2 aromatic rings. The fourth-order valence-corrected chi connectivity index (χ4v) is 2.76. The third-order valence-corrected chi connectivity index (χ3v) is 4.92. The highest BCUT2D eigenvalue weighted by molar-refractivity contribution is 9.10. The Labute approximate surface area is 137 Å². The molecule has 6 nitrogen and oxygen atoms in total. The van der Waals surface area contributed by atoms with Gasteiger partial charge in [-0.1, -0.05) is 0 Å². The summed E-state index contributed by atoms with van der Waals surface area (Å²) in [5.41, 5.74) is 1.98. The molecule has 0 unspecified atom stereocenters. The maximum Gasteiger partial charge on any atom is 0.289 e. The SMILES string of the molecule is Cc1nn(Cc2ccc(C(=O)N3CCOCC3)o2)c(C)c1Br. The van der Waals surface area contributed by atoms with Gasteiger partial charge in [-0.25, -0.2) is 0 Å². The van der Waals surface area contributed by atoms with Gasteiger partial charge in [-0.3, -0.25) is 9.48 Å². The molecule has 118 valence electrons. The maximum atomic E-state index is 12.3. The van der Waals surface area contributed by atoms with Gasteiger partial charge in [0.25, 0.3) is 5.91 Å². The molecule has 0 saturated carbocycles. The van der Waals surface area contributed by atoms with Crippen LogP contribution in [0, 0.1) is 13.8 Å². The number of halogens is 1. The van der Waals surface area contributed by atoms with Gasteiger partial charge in [-0.2, -0.15) is 5.10 Å². The largest absolute Gasteiger partial charge is 0.454 e. The van der Waals surface area contributed by atoms with E-state index in [2.05, 4.69) is 21.0 Å². The van der Waals surface area contributed by atoms with E-state index in [0.717, 1.165) is 21.6 Å². The van der Waals surface area contributed by atoms with Gasteiger partial charge >= 0.3 is 0 Å². The lowest BCUT2D eigenvalue weighted by atomic mass is 10.3. The summed E-state index contributed by atoms with van der Waals surface area (Å²) in [6.07, 6.45) is 0. The highest BCUT2D eigenvalue weighted by atomic mass is 79.9. The molecule has 0 spiro atoms. The number of aryl methyl sites for hydroxylation is 1. The number of amides is 1. The molecule has 1 saturated heterocycles. The summed E-state index contributed by atoms with van der Waals surface area (Å²) < 4.78 is 13.8. The molecule has 0 aromatic carbocycles. The van der Waals surface area contributed by atoms with E-state index in [0.29, 0.717) is 38.6 Å². The van der Waals surface area contributed by atoms with E-state index in [-0.39, 0.29) is 5.91 Å². The quantitative estimate of drug-likeness (QED) is 0.835. The highest BCUT2D eigenvalue weighted by Crippen LogP contribution is 2.21. The molecular formula is C15H18BrN3O3. The first-order chi connectivity index (χ1) is 10.6. The van der Waals surface area contributed by atoms with E-state index in [4.69, 9.17) is 9.15 Å². The molecule has 1 amide bonds. The van der Waals surface area contributed by atoms with Crippen molar-refractivity contribution in [1.29, 1.82) is 0 Å². The molecule has 0 aliphatic carbocycles. The second-order valence-corrected chi connectivity index (χ2v) is 6.11. The van der Waals surface area contributed by atoms with Crippen molar-refractivity contribution in [3.8, 4) is 0 Å². The Bertz CT molecular complexity index is 686. The Morgan fingerprint density at radius 3 is 2.68 bits per heavy atom. The third-order valence-electron chi connectivity index (χ3n) is 3.77. The van der Waals surface area contributed by atoms with Crippen molar-refractivity contribution >= 4 is 21.8 Å². The number of nitrogens with zero attached hydrogens (tertiary/aromatic N) is 3.